The molecule has 21 heavy (non-hydrogen) atoms. The maximum absolute atomic E-state index is 12.8. The van der Waals surface area contributed by atoms with Crippen LogP contribution in [0.2, 0.25) is 0 Å². The van der Waals surface area contributed by atoms with E-state index in [1.54, 1.807) is 6.07 Å². The van der Waals surface area contributed by atoms with E-state index in [4.69, 9.17) is 0 Å². The van der Waals surface area contributed by atoms with Crippen LogP contribution in [0.15, 0.2) is 34.5 Å². The first kappa shape index (κ1) is 13.7. The van der Waals surface area contributed by atoms with Gasteiger partial charge in [-0.05, 0) is 42.8 Å². The zero-order valence-electron chi connectivity index (χ0n) is 11.6. The number of benzene rings is 1. The van der Waals surface area contributed by atoms with Crippen molar-refractivity contribution in [3.8, 4) is 0 Å². The fourth-order valence-electron chi connectivity index (χ4n) is 3.72. The third kappa shape index (κ3) is 2.21. The number of thiophene rings is 1. The molecule has 112 valence electrons. The number of nitrogens with one attached hydrogen (secondary N) is 2. The Bertz CT molecular complexity index is 739. The molecule has 1 saturated heterocycles. The van der Waals surface area contributed by atoms with E-state index >= 15 is 0 Å². The molecule has 4 rings (SSSR count). The van der Waals surface area contributed by atoms with Gasteiger partial charge in [-0.3, -0.25) is 0 Å². The quantitative estimate of drug-likeness (QED) is 0.912. The van der Waals surface area contributed by atoms with Crippen LogP contribution in [0, 0.1) is 5.92 Å². The van der Waals surface area contributed by atoms with Gasteiger partial charge in [0.15, 0.2) is 0 Å². The second-order valence-corrected chi connectivity index (χ2v) is 9.08. The standard InChI is InChI=1S/C15H18N2O2S2/c18-21(19,14-8-11-4-1-2-6-13(11)20-14)17-15-7-3-5-12(15)9-16-10-15/h1-2,4,6,8,12,16-17H,3,5,7,9-10H2/t12-,15-/m0/s1. The Morgan fingerprint density at radius 1 is 1.33 bits per heavy atom. The van der Waals surface area contributed by atoms with Crippen molar-refractivity contribution in [3.05, 3.63) is 30.3 Å². The smallest absolute Gasteiger partial charge is 0.250 e. The van der Waals surface area contributed by atoms with Gasteiger partial charge in [-0.25, -0.2) is 13.1 Å². The van der Waals surface area contributed by atoms with E-state index in [1.165, 1.54) is 11.3 Å². The Hall–Kier alpha value is -0.950. The average Bonchev–Trinajstić information content (AvgIpc) is 3.09. The number of rotatable bonds is 3. The van der Waals surface area contributed by atoms with Gasteiger partial charge in [0.2, 0.25) is 0 Å². The first-order valence-electron chi connectivity index (χ1n) is 7.32. The second-order valence-electron chi connectivity index (χ2n) is 6.08. The minimum absolute atomic E-state index is 0.269. The maximum atomic E-state index is 12.8. The van der Waals surface area contributed by atoms with Crippen LogP contribution in [-0.2, 0) is 10.0 Å². The highest BCUT2D eigenvalue weighted by molar-refractivity contribution is 7.91. The summed E-state index contributed by atoms with van der Waals surface area (Å²) < 4.78 is 30.0. The van der Waals surface area contributed by atoms with Gasteiger partial charge in [-0.2, -0.15) is 0 Å². The van der Waals surface area contributed by atoms with Crippen LogP contribution in [0.1, 0.15) is 19.3 Å². The summed E-state index contributed by atoms with van der Waals surface area (Å²) in [5.74, 6) is 0.432. The van der Waals surface area contributed by atoms with Gasteiger partial charge >= 0.3 is 0 Å². The van der Waals surface area contributed by atoms with Gasteiger partial charge < -0.3 is 5.32 Å². The van der Waals surface area contributed by atoms with Crippen molar-refractivity contribution >= 4 is 31.4 Å². The number of hydrogen-bond acceptors (Lipinski definition) is 4. The largest absolute Gasteiger partial charge is 0.315 e. The molecule has 1 aromatic heterocycles. The lowest BCUT2D eigenvalue weighted by molar-refractivity contribution is 0.360. The molecule has 0 amide bonds. The lowest BCUT2D eigenvalue weighted by Gasteiger charge is -2.29. The fraction of sp³-hybridized carbons (Fsp3) is 0.467. The van der Waals surface area contributed by atoms with Crippen molar-refractivity contribution in [1.29, 1.82) is 0 Å². The van der Waals surface area contributed by atoms with Crippen LogP contribution in [0.25, 0.3) is 10.1 Å². The normalized spacial score (nSPS) is 29.0. The minimum atomic E-state index is -3.44. The van der Waals surface area contributed by atoms with Crippen LogP contribution >= 0.6 is 11.3 Å². The Morgan fingerprint density at radius 3 is 3.05 bits per heavy atom. The summed E-state index contributed by atoms with van der Waals surface area (Å²) in [4.78, 5) is 0. The van der Waals surface area contributed by atoms with Gasteiger partial charge in [0.05, 0.1) is 0 Å². The second kappa shape index (κ2) is 4.78. The Morgan fingerprint density at radius 2 is 2.19 bits per heavy atom. The summed E-state index contributed by atoms with van der Waals surface area (Å²) in [5.41, 5.74) is -0.269. The summed E-state index contributed by atoms with van der Waals surface area (Å²) in [5, 5.41) is 4.34. The summed E-state index contributed by atoms with van der Waals surface area (Å²) in [6.45, 7) is 1.68. The molecule has 2 N–H and O–H groups in total. The van der Waals surface area contributed by atoms with Gasteiger partial charge in [-0.1, -0.05) is 24.6 Å². The van der Waals surface area contributed by atoms with Crippen molar-refractivity contribution in [2.24, 2.45) is 5.92 Å². The molecular weight excluding hydrogens is 304 g/mol. The average molecular weight is 322 g/mol. The molecule has 2 atom stereocenters. The van der Waals surface area contributed by atoms with Crippen molar-refractivity contribution in [1.82, 2.24) is 10.0 Å². The number of fused-ring (bicyclic) bond motifs is 2. The molecule has 1 aliphatic heterocycles. The topological polar surface area (TPSA) is 58.2 Å². The predicted molar refractivity (Wildman–Crippen MR) is 85.1 cm³/mol. The zero-order chi connectivity index (χ0) is 14.5. The van der Waals surface area contributed by atoms with Gasteiger partial charge in [0, 0.05) is 16.8 Å². The Balaban J connectivity index is 1.70. The molecule has 2 heterocycles. The van der Waals surface area contributed by atoms with Gasteiger partial charge in [0.1, 0.15) is 4.21 Å². The number of hydrogen-bond donors (Lipinski definition) is 2. The molecule has 0 spiro atoms. The van der Waals surface area contributed by atoms with Gasteiger partial charge in [-0.15, -0.1) is 11.3 Å². The third-order valence-electron chi connectivity index (χ3n) is 4.79. The molecule has 0 radical (unpaired) electrons. The summed E-state index contributed by atoms with van der Waals surface area (Å²) >= 11 is 1.35. The molecule has 2 aromatic rings. The van der Waals surface area contributed by atoms with E-state index in [-0.39, 0.29) is 5.54 Å². The van der Waals surface area contributed by atoms with Crippen LogP contribution < -0.4 is 10.0 Å². The minimum Gasteiger partial charge on any atom is -0.315 e. The lowest BCUT2D eigenvalue weighted by atomic mass is 9.92. The van der Waals surface area contributed by atoms with E-state index in [0.717, 1.165) is 42.4 Å². The molecule has 0 bridgehead atoms. The maximum Gasteiger partial charge on any atom is 0.250 e. The summed E-state index contributed by atoms with van der Waals surface area (Å²) in [7, 11) is -3.44. The van der Waals surface area contributed by atoms with E-state index in [1.807, 2.05) is 24.3 Å². The van der Waals surface area contributed by atoms with Crippen molar-refractivity contribution < 1.29 is 8.42 Å². The van der Waals surface area contributed by atoms with E-state index in [2.05, 4.69) is 10.0 Å². The van der Waals surface area contributed by atoms with Crippen molar-refractivity contribution in [2.45, 2.75) is 29.0 Å². The zero-order valence-corrected chi connectivity index (χ0v) is 13.3. The first-order valence-corrected chi connectivity index (χ1v) is 9.62. The van der Waals surface area contributed by atoms with Crippen LogP contribution in [0.4, 0.5) is 0 Å². The third-order valence-corrected chi connectivity index (χ3v) is 7.94. The highest BCUT2D eigenvalue weighted by atomic mass is 32.2. The van der Waals surface area contributed by atoms with Crippen molar-refractivity contribution in [3.63, 3.8) is 0 Å². The highest BCUT2D eigenvalue weighted by Crippen LogP contribution is 2.40. The highest BCUT2D eigenvalue weighted by Gasteiger charge is 2.48. The van der Waals surface area contributed by atoms with Crippen molar-refractivity contribution in [2.75, 3.05) is 13.1 Å². The van der Waals surface area contributed by atoms with E-state index < -0.39 is 10.0 Å². The SMILES string of the molecule is O=S(=O)(N[C@]12CCC[C@H]1CNC2)c1cc2ccccc2s1. The molecule has 4 nitrogen and oxygen atoms in total. The summed E-state index contributed by atoms with van der Waals surface area (Å²) in [6.07, 6.45) is 3.16. The molecule has 2 aliphatic rings. The Kier molecular flexibility index (Phi) is 3.11. The molecular formula is C15H18N2O2S2. The van der Waals surface area contributed by atoms with Crippen LogP contribution in [-0.4, -0.2) is 27.0 Å². The molecule has 0 unspecified atom stereocenters. The predicted octanol–water partition coefficient (Wildman–Crippen LogP) is 2.32. The molecule has 1 aromatic carbocycles. The monoisotopic (exact) mass is 322 g/mol. The molecule has 2 fully saturated rings. The van der Waals surface area contributed by atoms with Crippen LogP contribution in [0.5, 0.6) is 0 Å². The molecule has 1 saturated carbocycles. The van der Waals surface area contributed by atoms with Gasteiger partial charge in [0.25, 0.3) is 10.0 Å². The molecule has 1 aliphatic carbocycles. The van der Waals surface area contributed by atoms with E-state index in [0.29, 0.717) is 10.1 Å². The Labute approximate surface area is 128 Å². The fourth-order valence-corrected chi connectivity index (χ4v) is 6.61. The lowest BCUT2D eigenvalue weighted by Crippen LogP contribution is -2.51. The van der Waals surface area contributed by atoms with Crippen LogP contribution in [0.3, 0.4) is 0 Å². The van der Waals surface area contributed by atoms with E-state index in [9.17, 15) is 8.42 Å². The first-order chi connectivity index (χ1) is 10.1. The molecule has 6 heteroatoms. The summed E-state index contributed by atoms with van der Waals surface area (Å²) in [6, 6.07) is 9.58. The number of sulfonamides is 1.